The van der Waals surface area contributed by atoms with E-state index < -0.39 is 0 Å². The van der Waals surface area contributed by atoms with E-state index in [1.54, 1.807) is 36.4 Å². The Hall–Kier alpha value is -2.62. The lowest BCUT2D eigenvalue weighted by atomic mass is 9.94. The molecule has 3 rings (SSSR count). The van der Waals surface area contributed by atoms with E-state index in [2.05, 4.69) is 5.32 Å². The monoisotopic (exact) mass is 336 g/mol. The Morgan fingerprint density at radius 3 is 2.16 bits per heavy atom. The van der Waals surface area contributed by atoms with E-state index in [0.717, 1.165) is 12.8 Å². The smallest absolute Gasteiger partial charge is 0.255 e. The summed E-state index contributed by atoms with van der Waals surface area (Å²) in [6, 6.07) is 16.5. The van der Waals surface area contributed by atoms with Crippen LogP contribution in [0.25, 0.3) is 0 Å². The molecule has 2 amide bonds. The van der Waals surface area contributed by atoms with E-state index >= 15 is 0 Å². The molecule has 4 heteroatoms. The Morgan fingerprint density at radius 1 is 0.880 bits per heavy atom. The van der Waals surface area contributed by atoms with Gasteiger partial charge in [-0.25, -0.2) is 0 Å². The van der Waals surface area contributed by atoms with Gasteiger partial charge in [-0.05, 0) is 49.2 Å². The fraction of sp³-hybridized carbons (Fsp3) is 0.333. The van der Waals surface area contributed by atoms with E-state index in [0.29, 0.717) is 22.9 Å². The van der Waals surface area contributed by atoms with Crippen molar-refractivity contribution in [2.45, 2.75) is 38.1 Å². The quantitative estimate of drug-likeness (QED) is 0.903. The molecule has 0 aliphatic heterocycles. The molecule has 130 valence electrons. The number of hydrogen-bond acceptors (Lipinski definition) is 2. The van der Waals surface area contributed by atoms with Crippen molar-refractivity contribution in [2.75, 3.05) is 12.4 Å². The average molecular weight is 336 g/mol. The van der Waals surface area contributed by atoms with Gasteiger partial charge < -0.3 is 10.2 Å². The third-order valence-electron chi connectivity index (χ3n) is 4.87. The molecule has 0 heterocycles. The highest BCUT2D eigenvalue weighted by atomic mass is 16.2. The van der Waals surface area contributed by atoms with E-state index in [4.69, 9.17) is 0 Å². The first-order valence-corrected chi connectivity index (χ1v) is 8.89. The minimum absolute atomic E-state index is 0.0489. The van der Waals surface area contributed by atoms with Crippen LogP contribution in [0.4, 0.5) is 5.69 Å². The summed E-state index contributed by atoms with van der Waals surface area (Å²) in [5, 5.41) is 2.85. The second-order valence-corrected chi connectivity index (χ2v) is 6.61. The van der Waals surface area contributed by atoms with Gasteiger partial charge in [-0.15, -0.1) is 0 Å². The van der Waals surface area contributed by atoms with Gasteiger partial charge >= 0.3 is 0 Å². The molecular weight excluding hydrogens is 312 g/mol. The van der Waals surface area contributed by atoms with Crippen LogP contribution in [0.2, 0.25) is 0 Å². The predicted molar refractivity (Wildman–Crippen MR) is 99.8 cm³/mol. The lowest BCUT2D eigenvalue weighted by Crippen LogP contribution is -2.38. The van der Waals surface area contributed by atoms with Gasteiger partial charge in [0.25, 0.3) is 11.8 Å². The van der Waals surface area contributed by atoms with Gasteiger partial charge in [0.1, 0.15) is 0 Å². The number of carbonyl (C=O) groups excluding carboxylic acids is 2. The van der Waals surface area contributed by atoms with Crippen LogP contribution in [0.1, 0.15) is 52.8 Å². The third-order valence-corrected chi connectivity index (χ3v) is 4.87. The van der Waals surface area contributed by atoms with Gasteiger partial charge in [-0.1, -0.05) is 37.5 Å². The van der Waals surface area contributed by atoms with Crippen molar-refractivity contribution in [1.82, 2.24) is 4.90 Å². The molecule has 0 radical (unpaired) electrons. The number of carbonyl (C=O) groups is 2. The van der Waals surface area contributed by atoms with Gasteiger partial charge in [-0.3, -0.25) is 9.59 Å². The largest absolute Gasteiger partial charge is 0.339 e. The summed E-state index contributed by atoms with van der Waals surface area (Å²) in [7, 11) is 1.89. The van der Waals surface area contributed by atoms with Gasteiger partial charge in [-0.2, -0.15) is 0 Å². The molecule has 0 spiro atoms. The molecular formula is C21H24N2O2. The van der Waals surface area contributed by atoms with Crippen molar-refractivity contribution in [3.05, 3.63) is 65.7 Å². The highest BCUT2D eigenvalue weighted by Gasteiger charge is 2.22. The molecule has 2 aromatic rings. The molecule has 0 atom stereocenters. The van der Waals surface area contributed by atoms with Crippen LogP contribution in [-0.2, 0) is 0 Å². The summed E-state index contributed by atoms with van der Waals surface area (Å²) in [5.74, 6) is -0.105. The van der Waals surface area contributed by atoms with E-state index in [1.807, 2.05) is 30.1 Å². The molecule has 4 nitrogen and oxygen atoms in total. The van der Waals surface area contributed by atoms with Crippen molar-refractivity contribution in [1.29, 1.82) is 0 Å². The normalized spacial score (nSPS) is 14.8. The third kappa shape index (κ3) is 4.27. The lowest BCUT2D eigenvalue weighted by molar-refractivity contribution is 0.0696. The van der Waals surface area contributed by atoms with E-state index in [-0.39, 0.29) is 11.8 Å². The van der Waals surface area contributed by atoms with Gasteiger partial charge in [0.2, 0.25) is 0 Å². The summed E-state index contributed by atoms with van der Waals surface area (Å²) in [6.45, 7) is 0. The van der Waals surface area contributed by atoms with Gasteiger partial charge in [0, 0.05) is 29.9 Å². The number of amides is 2. The highest BCUT2D eigenvalue weighted by Crippen LogP contribution is 2.23. The summed E-state index contributed by atoms with van der Waals surface area (Å²) in [5.41, 5.74) is 1.95. The number of rotatable bonds is 4. The molecule has 0 saturated heterocycles. The molecule has 25 heavy (non-hydrogen) atoms. The SMILES string of the molecule is CN(C(=O)c1ccc(NC(=O)c2ccccc2)cc1)C1CCCCC1. The van der Waals surface area contributed by atoms with E-state index in [9.17, 15) is 9.59 Å². The Kier molecular flexibility index (Phi) is 5.49. The molecule has 2 aromatic carbocycles. The molecule has 1 saturated carbocycles. The minimum Gasteiger partial charge on any atom is -0.339 e. The Balaban J connectivity index is 1.63. The highest BCUT2D eigenvalue weighted by molar-refractivity contribution is 6.04. The second-order valence-electron chi connectivity index (χ2n) is 6.61. The molecule has 1 fully saturated rings. The first-order valence-electron chi connectivity index (χ1n) is 8.89. The Morgan fingerprint density at radius 2 is 1.52 bits per heavy atom. The Bertz CT molecular complexity index is 719. The lowest BCUT2D eigenvalue weighted by Gasteiger charge is -2.31. The zero-order valence-electron chi connectivity index (χ0n) is 14.6. The molecule has 0 bridgehead atoms. The fourth-order valence-corrected chi connectivity index (χ4v) is 3.33. The standard InChI is InChI=1S/C21H24N2O2/c1-23(19-10-6-3-7-11-19)21(25)17-12-14-18(15-13-17)22-20(24)16-8-4-2-5-9-16/h2,4-5,8-9,12-15,19H,3,6-7,10-11H2,1H3,(H,22,24). The first-order chi connectivity index (χ1) is 12.1. The van der Waals surface area contributed by atoms with Crippen LogP contribution in [0.3, 0.4) is 0 Å². The maximum atomic E-state index is 12.6. The van der Waals surface area contributed by atoms with Crippen molar-refractivity contribution in [2.24, 2.45) is 0 Å². The number of hydrogen-bond donors (Lipinski definition) is 1. The minimum atomic E-state index is -0.154. The van der Waals surface area contributed by atoms with Crippen molar-refractivity contribution in [3.63, 3.8) is 0 Å². The fourth-order valence-electron chi connectivity index (χ4n) is 3.33. The first kappa shape index (κ1) is 17.2. The van der Waals surface area contributed by atoms with Crippen LogP contribution in [-0.4, -0.2) is 29.8 Å². The van der Waals surface area contributed by atoms with Crippen LogP contribution < -0.4 is 5.32 Å². The molecule has 1 N–H and O–H groups in total. The Labute approximate surface area is 148 Å². The predicted octanol–water partition coefficient (Wildman–Crippen LogP) is 4.34. The van der Waals surface area contributed by atoms with Crippen LogP contribution >= 0.6 is 0 Å². The van der Waals surface area contributed by atoms with Crippen LogP contribution in [0.5, 0.6) is 0 Å². The maximum absolute atomic E-state index is 12.6. The summed E-state index contributed by atoms with van der Waals surface area (Å²) >= 11 is 0. The number of benzene rings is 2. The molecule has 1 aliphatic carbocycles. The zero-order chi connectivity index (χ0) is 17.6. The average Bonchev–Trinajstić information content (AvgIpc) is 2.69. The van der Waals surface area contributed by atoms with Crippen LogP contribution in [0, 0.1) is 0 Å². The number of nitrogens with zero attached hydrogens (tertiary/aromatic N) is 1. The topological polar surface area (TPSA) is 49.4 Å². The summed E-state index contributed by atoms with van der Waals surface area (Å²) in [6.07, 6.45) is 5.86. The summed E-state index contributed by atoms with van der Waals surface area (Å²) in [4.78, 5) is 26.7. The van der Waals surface area contributed by atoms with Crippen molar-refractivity contribution >= 4 is 17.5 Å². The van der Waals surface area contributed by atoms with Crippen molar-refractivity contribution in [3.8, 4) is 0 Å². The second kappa shape index (κ2) is 7.97. The zero-order valence-corrected chi connectivity index (χ0v) is 14.6. The van der Waals surface area contributed by atoms with Gasteiger partial charge in [0.15, 0.2) is 0 Å². The van der Waals surface area contributed by atoms with E-state index in [1.165, 1.54) is 19.3 Å². The number of nitrogens with one attached hydrogen (secondary N) is 1. The molecule has 1 aliphatic rings. The molecule has 0 aromatic heterocycles. The van der Waals surface area contributed by atoms with Crippen LogP contribution in [0.15, 0.2) is 54.6 Å². The number of anilines is 1. The van der Waals surface area contributed by atoms with Crippen molar-refractivity contribution < 1.29 is 9.59 Å². The van der Waals surface area contributed by atoms with Gasteiger partial charge in [0.05, 0.1) is 0 Å². The molecule has 0 unspecified atom stereocenters. The summed E-state index contributed by atoms with van der Waals surface area (Å²) < 4.78 is 0. The maximum Gasteiger partial charge on any atom is 0.255 e.